The molecular weight excluding hydrogens is 275 g/mol. The van der Waals surface area contributed by atoms with Gasteiger partial charge in [0.2, 0.25) is 0 Å². The van der Waals surface area contributed by atoms with E-state index in [1.165, 1.54) is 23.1 Å². The molecule has 1 aliphatic rings. The Kier molecular flexibility index (Phi) is 5.24. The predicted molar refractivity (Wildman–Crippen MR) is 77.1 cm³/mol. The normalized spacial score (nSPS) is 15.8. The second-order valence-electron chi connectivity index (χ2n) is 4.86. The first-order chi connectivity index (χ1) is 10.1. The summed E-state index contributed by atoms with van der Waals surface area (Å²) in [5, 5.41) is 2.30. The maximum absolute atomic E-state index is 13.4. The second-order valence-corrected chi connectivity index (χ2v) is 4.86. The van der Waals surface area contributed by atoms with E-state index in [1.807, 2.05) is 0 Å². The van der Waals surface area contributed by atoms with E-state index in [0.29, 0.717) is 32.7 Å². The summed E-state index contributed by atoms with van der Waals surface area (Å²) in [5.41, 5.74) is 5.49. The molecule has 0 radical (unpaired) electrons. The molecule has 0 saturated carbocycles. The molecule has 7 heteroatoms. The average Bonchev–Trinajstić information content (AvgIpc) is 2.50. The summed E-state index contributed by atoms with van der Waals surface area (Å²) < 4.78 is 13.4. The Balaban J connectivity index is 1.89. The highest BCUT2D eigenvalue weighted by Gasteiger charge is 2.26. The summed E-state index contributed by atoms with van der Waals surface area (Å²) in [4.78, 5) is 27.5. The van der Waals surface area contributed by atoms with Crippen molar-refractivity contribution in [1.29, 1.82) is 0 Å². The molecule has 0 spiro atoms. The van der Waals surface area contributed by atoms with Crippen molar-refractivity contribution in [1.82, 2.24) is 9.80 Å². The van der Waals surface area contributed by atoms with Crippen LogP contribution in [0, 0.1) is 5.82 Å². The molecule has 21 heavy (non-hydrogen) atoms. The Morgan fingerprint density at radius 2 is 1.86 bits per heavy atom. The van der Waals surface area contributed by atoms with Gasteiger partial charge in [0, 0.05) is 39.3 Å². The maximum atomic E-state index is 13.4. The molecule has 114 valence electrons. The largest absolute Gasteiger partial charge is 0.332 e. The van der Waals surface area contributed by atoms with Gasteiger partial charge in [-0.15, -0.1) is 0 Å². The van der Waals surface area contributed by atoms with Crippen molar-refractivity contribution in [2.45, 2.75) is 0 Å². The second kappa shape index (κ2) is 7.14. The van der Waals surface area contributed by atoms with E-state index in [2.05, 4.69) is 10.2 Å². The molecule has 1 aliphatic heterocycles. The highest BCUT2D eigenvalue weighted by molar-refractivity contribution is 6.39. The lowest BCUT2D eigenvalue weighted by atomic mass is 10.2. The first kappa shape index (κ1) is 15.4. The number of hydrogen-bond acceptors (Lipinski definition) is 4. The van der Waals surface area contributed by atoms with Crippen molar-refractivity contribution < 1.29 is 14.0 Å². The lowest BCUT2D eigenvalue weighted by Crippen LogP contribution is -2.52. The average molecular weight is 294 g/mol. The molecule has 1 heterocycles. The van der Waals surface area contributed by atoms with Crippen molar-refractivity contribution in [3.63, 3.8) is 0 Å². The standard InChI is InChI=1S/C14H19FN4O2/c15-11-3-1-2-4-12(11)17-13(20)14(21)19-9-7-18(6-5-16)8-10-19/h1-4H,5-10,16H2,(H,17,20). The molecule has 0 aromatic heterocycles. The molecule has 1 saturated heterocycles. The highest BCUT2D eigenvalue weighted by Crippen LogP contribution is 2.12. The number of para-hydroxylation sites is 1. The van der Waals surface area contributed by atoms with Crippen LogP contribution in [-0.2, 0) is 9.59 Å². The minimum absolute atomic E-state index is 0.0117. The lowest BCUT2D eigenvalue weighted by Gasteiger charge is -2.34. The minimum Gasteiger partial charge on any atom is -0.332 e. The summed E-state index contributed by atoms with van der Waals surface area (Å²) >= 11 is 0. The van der Waals surface area contributed by atoms with Gasteiger partial charge in [-0.1, -0.05) is 12.1 Å². The Bertz CT molecular complexity index is 515. The summed E-state index contributed by atoms with van der Waals surface area (Å²) in [6, 6.07) is 5.75. The van der Waals surface area contributed by atoms with E-state index >= 15 is 0 Å². The third-order valence-corrected chi connectivity index (χ3v) is 3.42. The van der Waals surface area contributed by atoms with Gasteiger partial charge in [0.05, 0.1) is 5.69 Å². The van der Waals surface area contributed by atoms with E-state index in [-0.39, 0.29) is 5.69 Å². The monoisotopic (exact) mass is 294 g/mol. The number of anilines is 1. The van der Waals surface area contributed by atoms with Crippen molar-refractivity contribution in [2.75, 3.05) is 44.6 Å². The summed E-state index contributed by atoms with van der Waals surface area (Å²) in [5.74, 6) is -2.01. The first-order valence-electron chi connectivity index (χ1n) is 6.89. The van der Waals surface area contributed by atoms with Gasteiger partial charge in [0.1, 0.15) is 5.82 Å². The zero-order valence-electron chi connectivity index (χ0n) is 11.7. The number of nitrogens with zero attached hydrogens (tertiary/aromatic N) is 2. The number of rotatable bonds is 3. The molecule has 0 aliphatic carbocycles. The van der Waals surface area contributed by atoms with Crippen LogP contribution in [0.5, 0.6) is 0 Å². The lowest BCUT2D eigenvalue weighted by molar-refractivity contribution is -0.144. The molecule has 0 unspecified atom stereocenters. The number of carbonyl (C=O) groups excluding carboxylic acids is 2. The molecule has 6 nitrogen and oxygen atoms in total. The van der Waals surface area contributed by atoms with Crippen LogP contribution in [0.3, 0.4) is 0 Å². The van der Waals surface area contributed by atoms with Crippen molar-refractivity contribution in [3.05, 3.63) is 30.1 Å². The zero-order chi connectivity index (χ0) is 15.2. The zero-order valence-corrected chi connectivity index (χ0v) is 11.7. The smallest absolute Gasteiger partial charge is 0.313 e. The molecular formula is C14H19FN4O2. The number of amides is 2. The summed E-state index contributed by atoms with van der Waals surface area (Å²) in [6.07, 6.45) is 0. The van der Waals surface area contributed by atoms with Gasteiger partial charge in [-0.05, 0) is 12.1 Å². The summed E-state index contributed by atoms with van der Waals surface area (Å²) in [6.45, 7) is 3.68. The number of hydrogen-bond donors (Lipinski definition) is 2. The van der Waals surface area contributed by atoms with Gasteiger partial charge in [0.15, 0.2) is 0 Å². The highest BCUT2D eigenvalue weighted by atomic mass is 19.1. The minimum atomic E-state index is -0.813. The van der Waals surface area contributed by atoms with Crippen LogP contribution >= 0.6 is 0 Å². The van der Waals surface area contributed by atoms with Gasteiger partial charge in [-0.3, -0.25) is 14.5 Å². The van der Waals surface area contributed by atoms with Crippen LogP contribution in [0.2, 0.25) is 0 Å². The fourth-order valence-electron chi connectivity index (χ4n) is 2.24. The molecule has 2 rings (SSSR count). The van der Waals surface area contributed by atoms with Crippen molar-refractivity contribution >= 4 is 17.5 Å². The molecule has 2 amide bonds. The number of halogens is 1. The van der Waals surface area contributed by atoms with Crippen LogP contribution in [0.1, 0.15) is 0 Å². The maximum Gasteiger partial charge on any atom is 0.313 e. The van der Waals surface area contributed by atoms with Crippen LogP contribution in [0.25, 0.3) is 0 Å². The Morgan fingerprint density at radius 1 is 1.19 bits per heavy atom. The molecule has 0 bridgehead atoms. The number of nitrogens with two attached hydrogens (primary N) is 1. The van der Waals surface area contributed by atoms with E-state index in [4.69, 9.17) is 5.73 Å². The van der Waals surface area contributed by atoms with Crippen LogP contribution < -0.4 is 11.1 Å². The van der Waals surface area contributed by atoms with Crippen LogP contribution in [0.4, 0.5) is 10.1 Å². The summed E-state index contributed by atoms with van der Waals surface area (Å²) in [7, 11) is 0. The van der Waals surface area contributed by atoms with Gasteiger partial charge >= 0.3 is 11.8 Å². The molecule has 1 aromatic carbocycles. The molecule has 1 aromatic rings. The van der Waals surface area contributed by atoms with Crippen LogP contribution in [0.15, 0.2) is 24.3 Å². The van der Waals surface area contributed by atoms with Gasteiger partial charge < -0.3 is 16.0 Å². The van der Waals surface area contributed by atoms with E-state index in [1.54, 1.807) is 6.07 Å². The molecule has 1 fully saturated rings. The van der Waals surface area contributed by atoms with E-state index in [9.17, 15) is 14.0 Å². The quantitative estimate of drug-likeness (QED) is 0.761. The number of carbonyl (C=O) groups is 2. The number of piperazine rings is 1. The Hall–Kier alpha value is -1.99. The van der Waals surface area contributed by atoms with E-state index in [0.717, 1.165) is 6.54 Å². The molecule has 0 atom stereocenters. The SMILES string of the molecule is NCCN1CCN(C(=O)C(=O)Nc2ccccc2F)CC1. The third kappa shape index (κ3) is 3.99. The van der Waals surface area contributed by atoms with Gasteiger partial charge in [0.25, 0.3) is 0 Å². The fraction of sp³-hybridized carbons (Fsp3) is 0.429. The van der Waals surface area contributed by atoms with Crippen LogP contribution in [-0.4, -0.2) is 60.9 Å². The van der Waals surface area contributed by atoms with Gasteiger partial charge in [-0.25, -0.2) is 4.39 Å². The topological polar surface area (TPSA) is 78.7 Å². The van der Waals surface area contributed by atoms with Crippen molar-refractivity contribution in [3.8, 4) is 0 Å². The fourth-order valence-corrected chi connectivity index (χ4v) is 2.24. The number of benzene rings is 1. The Morgan fingerprint density at radius 3 is 2.48 bits per heavy atom. The molecule has 3 N–H and O–H groups in total. The van der Waals surface area contributed by atoms with E-state index < -0.39 is 17.6 Å². The third-order valence-electron chi connectivity index (χ3n) is 3.42. The first-order valence-corrected chi connectivity index (χ1v) is 6.89. The van der Waals surface area contributed by atoms with Gasteiger partial charge in [-0.2, -0.15) is 0 Å². The van der Waals surface area contributed by atoms with Crippen molar-refractivity contribution in [2.24, 2.45) is 5.73 Å². The Labute approximate surface area is 122 Å². The number of nitrogens with one attached hydrogen (secondary N) is 1. The predicted octanol–water partition coefficient (Wildman–Crippen LogP) is -0.133.